The third-order valence-electron chi connectivity index (χ3n) is 3.58. The Labute approximate surface area is 139 Å². The van der Waals surface area contributed by atoms with Gasteiger partial charge in [0.1, 0.15) is 5.69 Å². The SMILES string of the molecule is Nc1ccc(S(=O)(=O)c2ncc(C=O)n2Cc2ccccc2)cc1. The lowest BCUT2D eigenvalue weighted by Crippen LogP contribution is -2.14. The minimum atomic E-state index is -3.86. The van der Waals surface area contributed by atoms with Gasteiger partial charge in [0.2, 0.25) is 15.0 Å². The fourth-order valence-electron chi connectivity index (χ4n) is 2.36. The van der Waals surface area contributed by atoms with E-state index in [1.807, 2.05) is 30.3 Å². The molecule has 6 nitrogen and oxygen atoms in total. The van der Waals surface area contributed by atoms with E-state index < -0.39 is 9.84 Å². The molecule has 1 aromatic heterocycles. The monoisotopic (exact) mass is 341 g/mol. The Hall–Kier alpha value is -2.93. The molecule has 0 aliphatic carbocycles. The van der Waals surface area contributed by atoms with Crippen molar-refractivity contribution in [1.29, 1.82) is 0 Å². The average Bonchev–Trinajstić information content (AvgIpc) is 2.99. The van der Waals surface area contributed by atoms with Crippen LogP contribution in [0, 0.1) is 0 Å². The van der Waals surface area contributed by atoms with Crippen molar-refractivity contribution in [1.82, 2.24) is 9.55 Å². The molecule has 0 radical (unpaired) electrons. The van der Waals surface area contributed by atoms with Gasteiger partial charge >= 0.3 is 0 Å². The smallest absolute Gasteiger partial charge is 0.240 e. The highest BCUT2D eigenvalue weighted by Crippen LogP contribution is 2.22. The Morgan fingerprint density at radius 1 is 1.04 bits per heavy atom. The van der Waals surface area contributed by atoms with Gasteiger partial charge < -0.3 is 10.3 Å². The van der Waals surface area contributed by atoms with Gasteiger partial charge in [0.25, 0.3) is 0 Å². The summed E-state index contributed by atoms with van der Waals surface area (Å²) in [6.45, 7) is 0.235. The first kappa shape index (κ1) is 15.9. The van der Waals surface area contributed by atoms with Crippen LogP contribution in [0.1, 0.15) is 16.1 Å². The second-order valence-electron chi connectivity index (χ2n) is 5.23. The molecule has 0 bridgehead atoms. The molecule has 0 unspecified atom stereocenters. The second kappa shape index (κ2) is 6.29. The van der Waals surface area contributed by atoms with Crippen molar-refractivity contribution >= 4 is 21.8 Å². The Balaban J connectivity index is 2.09. The highest BCUT2D eigenvalue weighted by atomic mass is 32.2. The maximum atomic E-state index is 12.8. The fraction of sp³-hybridized carbons (Fsp3) is 0.0588. The summed E-state index contributed by atoms with van der Waals surface area (Å²) in [4.78, 5) is 15.3. The molecule has 122 valence electrons. The Kier molecular flexibility index (Phi) is 4.18. The number of nitrogens with two attached hydrogens (primary N) is 1. The predicted molar refractivity (Wildman–Crippen MR) is 89.5 cm³/mol. The molecule has 0 aliphatic heterocycles. The van der Waals surface area contributed by atoms with E-state index in [1.165, 1.54) is 35.0 Å². The highest BCUT2D eigenvalue weighted by molar-refractivity contribution is 7.91. The van der Waals surface area contributed by atoms with Crippen molar-refractivity contribution in [2.24, 2.45) is 0 Å². The van der Waals surface area contributed by atoms with Crippen LogP contribution in [-0.4, -0.2) is 24.3 Å². The maximum absolute atomic E-state index is 12.8. The van der Waals surface area contributed by atoms with Crippen molar-refractivity contribution in [3.8, 4) is 0 Å². The zero-order valence-corrected chi connectivity index (χ0v) is 13.5. The molecule has 3 aromatic rings. The number of imidazole rings is 1. The number of rotatable bonds is 5. The van der Waals surface area contributed by atoms with Gasteiger partial charge in [0.05, 0.1) is 17.6 Å². The van der Waals surface area contributed by atoms with Crippen LogP contribution < -0.4 is 5.73 Å². The first-order valence-corrected chi connectivity index (χ1v) is 8.66. The van der Waals surface area contributed by atoms with Gasteiger partial charge in [0.15, 0.2) is 6.29 Å². The molecule has 1 heterocycles. The normalized spacial score (nSPS) is 11.3. The number of aldehydes is 1. The molecular weight excluding hydrogens is 326 g/mol. The van der Waals surface area contributed by atoms with Gasteiger partial charge in [-0.3, -0.25) is 4.79 Å². The van der Waals surface area contributed by atoms with E-state index in [2.05, 4.69) is 4.98 Å². The lowest BCUT2D eigenvalue weighted by atomic mass is 10.2. The number of carbonyl (C=O) groups is 1. The molecule has 7 heteroatoms. The van der Waals surface area contributed by atoms with Gasteiger partial charge in [0, 0.05) is 5.69 Å². The number of hydrogen-bond donors (Lipinski definition) is 1. The number of sulfone groups is 1. The van der Waals surface area contributed by atoms with Crippen molar-refractivity contribution in [3.05, 3.63) is 72.1 Å². The quantitative estimate of drug-likeness (QED) is 0.567. The molecule has 0 fully saturated rings. The van der Waals surface area contributed by atoms with Crippen molar-refractivity contribution in [2.45, 2.75) is 16.6 Å². The fourth-order valence-corrected chi connectivity index (χ4v) is 3.71. The lowest BCUT2D eigenvalue weighted by Gasteiger charge is -2.10. The van der Waals surface area contributed by atoms with Gasteiger partial charge in [-0.05, 0) is 29.8 Å². The third-order valence-corrected chi connectivity index (χ3v) is 5.28. The summed E-state index contributed by atoms with van der Waals surface area (Å²) >= 11 is 0. The number of benzene rings is 2. The van der Waals surface area contributed by atoms with E-state index in [-0.39, 0.29) is 22.3 Å². The zero-order valence-electron chi connectivity index (χ0n) is 12.7. The molecule has 0 atom stereocenters. The maximum Gasteiger partial charge on any atom is 0.240 e. The van der Waals surface area contributed by atoms with Crippen LogP contribution >= 0.6 is 0 Å². The van der Waals surface area contributed by atoms with Gasteiger partial charge in [-0.1, -0.05) is 30.3 Å². The summed E-state index contributed by atoms with van der Waals surface area (Å²) in [6.07, 6.45) is 1.86. The molecule has 0 amide bonds. The highest BCUT2D eigenvalue weighted by Gasteiger charge is 2.25. The average molecular weight is 341 g/mol. The minimum Gasteiger partial charge on any atom is -0.399 e. The number of nitrogen functional groups attached to an aromatic ring is 1. The van der Waals surface area contributed by atoms with Crippen LogP contribution in [0.2, 0.25) is 0 Å². The van der Waals surface area contributed by atoms with Crippen molar-refractivity contribution < 1.29 is 13.2 Å². The van der Waals surface area contributed by atoms with Gasteiger partial charge in [-0.15, -0.1) is 0 Å². The van der Waals surface area contributed by atoms with Gasteiger partial charge in [-0.2, -0.15) is 0 Å². The van der Waals surface area contributed by atoms with E-state index in [4.69, 9.17) is 5.73 Å². The van der Waals surface area contributed by atoms with Crippen LogP contribution in [0.4, 0.5) is 5.69 Å². The van der Waals surface area contributed by atoms with Crippen LogP contribution in [0.15, 0.2) is 70.8 Å². The van der Waals surface area contributed by atoms with Crippen molar-refractivity contribution in [2.75, 3.05) is 5.73 Å². The lowest BCUT2D eigenvalue weighted by molar-refractivity contribution is 0.111. The Bertz CT molecular complexity index is 962. The van der Waals surface area contributed by atoms with Gasteiger partial charge in [-0.25, -0.2) is 13.4 Å². The molecule has 0 aliphatic rings. The minimum absolute atomic E-state index is 0.0778. The summed E-state index contributed by atoms with van der Waals surface area (Å²) in [5.41, 5.74) is 7.14. The molecule has 2 aromatic carbocycles. The van der Waals surface area contributed by atoms with Crippen LogP contribution in [0.3, 0.4) is 0 Å². The van der Waals surface area contributed by atoms with E-state index in [0.29, 0.717) is 12.0 Å². The van der Waals surface area contributed by atoms with E-state index >= 15 is 0 Å². The van der Waals surface area contributed by atoms with Crippen LogP contribution in [0.5, 0.6) is 0 Å². The molecule has 0 spiro atoms. The summed E-state index contributed by atoms with van der Waals surface area (Å²) in [5.74, 6) is 0. The largest absolute Gasteiger partial charge is 0.399 e. The summed E-state index contributed by atoms with van der Waals surface area (Å²) in [6, 6.07) is 15.1. The number of hydrogen-bond acceptors (Lipinski definition) is 5. The Morgan fingerprint density at radius 3 is 2.33 bits per heavy atom. The third kappa shape index (κ3) is 2.93. The molecule has 2 N–H and O–H groups in total. The summed E-state index contributed by atoms with van der Waals surface area (Å²) in [5, 5.41) is -0.168. The number of anilines is 1. The number of nitrogens with zero attached hydrogens (tertiary/aromatic N) is 2. The van der Waals surface area contributed by atoms with E-state index in [9.17, 15) is 13.2 Å². The molecular formula is C17H15N3O3S. The molecule has 3 rings (SSSR count). The first-order valence-electron chi connectivity index (χ1n) is 7.17. The van der Waals surface area contributed by atoms with E-state index in [0.717, 1.165) is 5.56 Å². The number of carbonyl (C=O) groups excluding carboxylic acids is 1. The number of aromatic nitrogens is 2. The summed E-state index contributed by atoms with van der Waals surface area (Å²) in [7, 11) is -3.86. The van der Waals surface area contributed by atoms with E-state index in [1.54, 1.807) is 0 Å². The summed E-state index contributed by atoms with van der Waals surface area (Å²) < 4.78 is 27.1. The van der Waals surface area contributed by atoms with Crippen LogP contribution in [0.25, 0.3) is 0 Å². The molecule has 0 saturated heterocycles. The standard InChI is InChI=1S/C17H15N3O3S/c18-14-6-8-16(9-7-14)24(22,23)17-19-10-15(12-21)20(17)11-13-4-2-1-3-5-13/h1-10,12H,11,18H2. The first-order chi connectivity index (χ1) is 11.5. The Morgan fingerprint density at radius 2 is 1.71 bits per heavy atom. The molecule has 0 saturated carbocycles. The van der Waals surface area contributed by atoms with Crippen molar-refractivity contribution in [3.63, 3.8) is 0 Å². The second-order valence-corrected chi connectivity index (χ2v) is 7.07. The topological polar surface area (TPSA) is 95.1 Å². The zero-order chi connectivity index (χ0) is 17.2. The van der Waals surface area contributed by atoms with Crippen LogP contribution in [-0.2, 0) is 16.4 Å². The molecule has 24 heavy (non-hydrogen) atoms. The predicted octanol–water partition coefficient (Wildman–Crippen LogP) is 2.16.